The fourth-order valence-corrected chi connectivity index (χ4v) is 1.63. The average molecular weight is 224 g/mol. The molecule has 5 nitrogen and oxygen atoms in total. The number of nitrogen functional groups attached to an aromatic ring is 1. The van der Waals surface area contributed by atoms with Crippen LogP contribution >= 0.6 is 11.6 Å². The Morgan fingerprint density at radius 3 is 2.73 bits per heavy atom. The highest BCUT2D eigenvalue weighted by Crippen LogP contribution is 2.34. The first kappa shape index (κ1) is 9.67. The van der Waals surface area contributed by atoms with Crippen molar-refractivity contribution in [2.24, 2.45) is 0 Å². The van der Waals surface area contributed by atoms with Gasteiger partial charge in [-0.2, -0.15) is 0 Å². The topological polar surface area (TPSA) is 82.0 Å². The number of anilines is 1. The van der Waals surface area contributed by atoms with Crippen molar-refractivity contribution in [1.82, 2.24) is 4.98 Å². The van der Waals surface area contributed by atoms with Gasteiger partial charge in [0.05, 0.1) is 10.4 Å². The number of pyridine rings is 1. The summed E-state index contributed by atoms with van der Waals surface area (Å²) < 4.78 is 0. The molecule has 2 N–H and O–H groups in total. The van der Waals surface area contributed by atoms with Crippen molar-refractivity contribution in [3.8, 4) is 0 Å². The van der Waals surface area contributed by atoms with Gasteiger partial charge in [-0.3, -0.25) is 10.1 Å². The maximum absolute atomic E-state index is 10.7. The molecular formula is C9H6ClN3O2. The molecule has 0 atom stereocenters. The van der Waals surface area contributed by atoms with Gasteiger partial charge in [0.15, 0.2) is 0 Å². The van der Waals surface area contributed by atoms with E-state index < -0.39 is 4.92 Å². The predicted octanol–water partition coefficient (Wildman–Crippen LogP) is 2.38. The van der Waals surface area contributed by atoms with Gasteiger partial charge < -0.3 is 5.73 Å². The lowest BCUT2D eigenvalue weighted by atomic mass is 10.2. The van der Waals surface area contributed by atoms with Gasteiger partial charge in [0.2, 0.25) is 5.15 Å². The predicted molar refractivity (Wildman–Crippen MR) is 57.8 cm³/mol. The molecule has 0 bridgehead atoms. The Hall–Kier alpha value is -1.88. The molecule has 76 valence electrons. The van der Waals surface area contributed by atoms with Crippen molar-refractivity contribution >= 4 is 33.9 Å². The van der Waals surface area contributed by atoms with Gasteiger partial charge in [-0.15, -0.1) is 0 Å². The van der Waals surface area contributed by atoms with Crippen molar-refractivity contribution in [1.29, 1.82) is 0 Å². The third-order valence-corrected chi connectivity index (χ3v) is 2.31. The average Bonchev–Trinajstić information content (AvgIpc) is 2.17. The van der Waals surface area contributed by atoms with E-state index in [2.05, 4.69) is 4.98 Å². The molecule has 0 radical (unpaired) electrons. The number of benzene rings is 1. The lowest BCUT2D eigenvalue weighted by Crippen LogP contribution is -1.99. The normalized spacial score (nSPS) is 10.5. The van der Waals surface area contributed by atoms with Gasteiger partial charge in [-0.25, -0.2) is 4.98 Å². The zero-order chi connectivity index (χ0) is 11.0. The molecule has 15 heavy (non-hydrogen) atoms. The first-order valence-corrected chi connectivity index (χ1v) is 4.47. The maximum Gasteiger partial charge on any atom is 0.329 e. The molecule has 0 aliphatic heterocycles. The number of hydrogen-bond acceptors (Lipinski definition) is 4. The van der Waals surface area contributed by atoms with E-state index in [1.165, 1.54) is 0 Å². The third-order valence-electron chi connectivity index (χ3n) is 2.05. The first-order valence-electron chi connectivity index (χ1n) is 4.09. The molecular weight excluding hydrogens is 218 g/mol. The largest absolute Gasteiger partial charge is 0.393 e. The molecule has 0 amide bonds. The van der Waals surface area contributed by atoms with E-state index in [0.717, 1.165) is 0 Å². The number of nitrogens with zero attached hydrogens (tertiary/aromatic N) is 2. The first-order chi connectivity index (χ1) is 7.11. The molecule has 0 aliphatic carbocycles. The van der Waals surface area contributed by atoms with Crippen LogP contribution in [-0.2, 0) is 0 Å². The van der Waals surface area contributed by atoms with Crippen molar-refractivity contribution in [3.05, 3.63) is 39.5 Å². The van der Waals surface area contributed by atoms with Gasteiger partial charge >= 0.3 is 5.69 Å². The van der Waals surface area contributed by atoms with E-state index in [1.807, 2.05) is 0 Å². The van der Waals surface area contributed by atoms with Crippen LogP contribution in [-0.4, -0.2) is 9.91 Å². The van der Waals surface area contributed by atoms with Crippen LogP contribution in [0.25, 0.3) is 10.9 Å². The molecule has 1 aromatic carbocycles. The second-order valence-electron chi connectivity index (χ2n) is 2.94. The monoisotopic (exact) mass is 223 g/mol. The minimum Gasteiger partial charge on any atom is -0.393 e. The highest BCUT2D eigenvalue weighted by Gasteiger charge is 2.20. The zero-order valence-electron chi connectivity index (χ0n) is 7.48. The molecule has 1 aromatic heterocycles. The second-order valence-corrected chi connectivity index (χ2v) is 3.30. The molecule has 0 saturated carbocycles. The summed E-state index contributed by atoms with van der Waals surface area (Å²) in [6, 6.07) is 6.86. The van der Waals surface area contributed by atoms with Crippen molar-refractivity contribution < 1.29 is 4.92 Å². The number of aromatic nitrogens is 1. The Kier molecular flexibility index (Phi) is 2.17. The Bertz CT molecular complexity index is 556. The van der Waals surface area contributed by atoms with Gasteiger partial charge in [0.25, 0.3) is 0 Å². The van der Waals surface area contributed by atoms with Crippen molar-refractivity contribution in [2.75, 3.05) is 5.73 Å². The number of nitro groups is 1. The molecule has 0 unspecified atom stereocenters. The van der Waals surface area contributed by atoms with E-state index in [9.17, 15) is 10.1 Å². The highest BCUT2D eigenvalue weighted by atomic mass is 35.5. The smallest absolute Gasteiger partial charge is 0.329 e. The van der Waals surface area contributed by atoms with Gasteiger partial charge in [0, 0.05) is 5.39 Å². The summed E-state index contributed by atoms with van der Waals surface area (Å²) in [5.74, 6) is 0. The number of rotatable bonds is 1. The Morgan fingerprint density at radius 2 is 2.07 bits per heavy atom. The fraction of sp³-hybridized carbons (Fsp3) is 0. The molecule has 2 rings (SSSR count). The Labute approximate surface area is 89.6 Å². The lowest BCUT2D eigenvalue weighted by molar-refractivity contribution is -0.383. The van der Waals surface area contributed by atoms with Gasteiger partial charge in [-0.05, 0) is 6.07 Å². The Morgan fingerprint density at radius 1 is 1.40 bits per heavy atom. The van der Waals surface area contributed by atoms with Crippen LogP contribution < -0.4 is 5.73 Å². The van der Waals surface area contributed by atoms with Crippen LogP contribution in [0.3, 0.4) is 0 Å². The maximum atomic E-state index is 10.7. The van der Waals surface area contributed by atoms with Crippen LogP contribution in [0.2, 0.25) is 5.15 Å². The number of para-hydroxylation sites is 1. The molecule has 0 spiro atoms. The van der Waals surface area contributed by atoms with E-state index in [1.54, 1.807) is 24.3 Å². The summed E-state index contributed by atoms with van der Waals surface area (Å²) in [6.07, 6.45) is 0. The van der Waals surface area contributed by atoms with Gasteiger partial charge in [0.1, 0.15) is 5.69 Å². The summed E-state index contributed by atoms with van der Waals surface area (Å²) in [6.45, 7) is 0. The fourth-order valence-electron chi connectivity index (χ4n) is 1.37. The van der Waals surface area contributed by atoms with Crippen LogP contribution in [0.15, 0.2) is 24.3 Å². The van der Waals surface area contributed by atoms with E-state index in [-0.39, 0.29) is 16.5 Å². The van der Waals surface area contributed by atoms with E-state index >= 15 is 0 Å². The SMILES string of the molecule is Nc1c([N+](=O)[O-])c(Cl)nc2ccccc12. The minimum absolute atomic E-state index is 0.0515. The summed E-state index contributed by atoms with van der Waals surface area (Å²) in [7, 11) is 0. The van der Waals surface area contributed by atoms with Crippen molar-refractivity contribution in [3.63, 3.8) is 0 Å². The number of fused-ring (bicyclic) bond motifs is 1. The Balaban J connectivity index is 2.90. The summed E-state index contributed by atoms with van der Waals surface area (Å²) in [5.41, 5.74) is 5.92. The number of nitrogens with two attached hydrogens (primary N) is 1. The minimum atomic E-state index is -0.628. The number of halogens is 1. The molecule has 6 heteroatoms. The number of hydrogen-bond donors (Lipinski definition) is 1. The summed E-state index contributed by atoms with van der Waals surface area (Å²) in [4.78, 5) is 14.0. The third kappa shape index (κ3) is 1.46. The quantitative estimate of drug-likeness (QED) is 0.457. The van der Waals surface area contributed by atoms with E-state index in [0.29, 0.717) is 10.9 Å². The molecule has 2 aromatic rings. The van der Waals surface area contributed by atoms with Gasteiger partial charge in [-0.1, -0.05) is 29.8 Å². The van der Waals surface area contributed by atoms with Crippen molar-refractivity contribution in [2.45, 2.75) is 0 Å². The van der Waals surface area contributed by atoms with Crippen LogP contribution in [0, 0.1) is 10.1 Å². The standard InChI is InChI=1S/C9H6ClN3O2/c10-9-8(13(14)15)7(11)5-3-1-2-4-6(5)12-9/h1-4H,(H2,11,12). The zero-order valence-corrected chi connectivity index (χ0v) is 8.23. The lowest BCUT2D eigenvalue weighted by Gasteiger charge is -2.03. The summed E-state index contributed by atoms with van der Waals surface area (Å²) in [5, 5.41) is 11.0. The van der Waals surface area contributed by atoms with Crippen LogP contribution in [0.1, 0.15) is 0 Å². The van der Waals surface area contributed by atoms with E-state index in [4.69, 9.17) is 17.3 Å². The molecule has 0 fully saturated rings. The van der Waals surface area contributed by atoms with Crippen LogP contribution in [0.5, 0.6) is 0 Å². The molecule has 1 heterocycles. The second kappa shape index (κ2) is 3.36. The molecule has 0 aliphatic rings. The summed E-state index contributed by atoms with van der Waals surface area (Å²) >= 11 is 5.67. The molecule has 0 saturated heterocycles. The highest BCUT2D eigenvalue weighted by molar-refractivity contribution is 6.32. The van der Waals surface area contributed by atoms with Crippen LogP contribution in [0.4, 0.5) is 11.4 Å².